The molecule has 1 aliphatic rings. The van der Waals surface area contributed by atoms with Gasteiger partial charge in [-0.05, 0) is 32.6 Å². The molecule has 6 heteroatoms. The van der Waals surface area contributed by atoms with Gasteiger partial charge in [0.15, 0.2) is 0 Å². The van der Waals surface area contributed by atoms with Gasteiger partial charge in [0.05, 0.1) is 11.6 Å². The number of carboxylic acids is 1. The lowest BCUT2D eigenvalue weighted by Gasteiger charge is -2.36. The van der Waals surface area contributed by atoms with Crippen LogP contribution in [-0.4, -0.2) is 39.6 Å². The maximum Gasteiger partial charge on any atom is 0.308 e. The van der Waals surface area contributed by atoms with Crippen LogP contribution < -0.4 is 0 Å². The van der Waals surface area contributed by atoms with Crippen LogP contribution in [0.5, 0.6) is 0 Å². The van der Waals surface area contributed by atoms with Gasteiger partial charge in [-0.1, -0.05) is 19.0 Å². The molecule has 0 saturated carbocycles. The quantitative estimate of drug-likeness (QED) is 0.904. The Morgan fingerprint density at radius 3 is 2.73 bits per heavy atom. The molecule has 2 atom stereocenters. The lowest BCUT2D eigenvalue weighted by Crippen LogP contribution is -2.49. The first-order valence-corrected chi connectivity index (χ1v) is 7.99. The second-order valence-corrected chi connectivity index (χ2v) is 5.96. The van der Waals surface area contributed by atoms with Crippen molar-refractivity contribution < 1.29 is 19.2 Å². The molecule has 0 spiro atoms. The van der Waals surface area contributed by atoms with Crippen LogP contribution in [0.25, 0.3) is 0 Å². The number of hydrogen-bond acceptors (Lipinski definition) is 4. The maximum atomic E-state index is 12.6. The van der Waals surface area contributed by atoms with Crippen molar-refractivity contribution in [2.24, 2.45) is 5.92 Å². The molecule has 122 valence electrons. The molecule has 6 nitrogen and oxygen atoms in total. The van der Waals surface area contributed by atoms with Gasteiger partial charge in [0.1, 0.15) is 0 Å². The third kappa shape index (κ3) is 3.15. The molecule has 2 heterocycles. The smallest absolute Gasteiger partial charge is 0.308 e. The topological polar surface area (TPSA) is 83.6 Å². The van der Waals surface area contributed by atoms with E-state index in [1.807, 2.05) is 0 Å². The maximum absolute atomic E-state index is 12.6. The molecule has 2 rings (SSSR count). The van der Waals surface area contributed by atoms with E-state index in [9.17, 15) is 14.7 Å². The number of carbonyl (C=O) groups is 2. The molecule has 0 aliphatic carbocycles. The predicted molar refractivity (Wildman–Crippen MR) is 80.7 cm³/mol. The molecule has 0 bridgehead atoms. The summed E-state index contributed by atoms with van der Waals surface area (Å²) >= 11 is 0. The molecule has 1 saturated heterocycles. The zero-order valence-electron chi connectivity index (χ0n) is 13.4. The number of rotatable bonds is 5. The fraction of sp³-hybridized carbons (Fsp3) is 0.688. The van der Waals surface area contributed by atoms with Gasteiger partial charge in [-0.3, -0.25) is 9.59 Å². The fourth-order valence-corrected chi connectivity index (χ4v) is 3.19. The third-order valence-corrected chi connectivity index (χ3v) is 4.71. The van der Waals surface area contributed by atoms with E-state index in [4.69, 9.17) is 4.52 Å². The summed E-state index contributed by atoms with van der Waals surface area (Å²) < 4.78 is 5.22. The van der Waals surface area contributed by atoms with Crippen molar-refractivity contribution in [2.45, 2.75) is 58.4 Å². The highest BCUT2D eigenvalue weighted by atomic mass is 16.5. The van der Waals surface area contributed by atoms with Crippen molar-refractivity contribution in [3.63, 3.8) is 0 Å². The minimum absolute atomic E-state index is 0.208. The Bertz CT molecular complexity index is 536. The van der Waals surface area contributed by atoms with Gasteiger partial charge in [0.25, 0.3) is 5.91 Å². The summed E-state index contributed by atoms with van der Waals surface area (Å²) in [5, 5.41) is 13.3. The minimum atomic E-state index is -0.847. The standard InChI is InChI=1S/C16H24N2O4/c1-4-11(5-2)13-9-14(22-17-13)15(19)18-8-6-7-12(10(18)3)16(20)21/h9-12H,4-8H2,1-3H3,(H,20,21)/t10-,12-/m0/s1. The Hall–Kier alpha value is -1.85. The van der Waals surface area contributed by atoms with Crippen molar-refractivity contribution in [3.05, 3.63) is 17.5 Å². The molecular formula is C16H24N2O4. The fourth-order valence-electron chi connectivity index (χ4n) is 3.19. The van der Waals surface area contributed by atoms with E-state index >= 15 is 0 Å². The second-order valence-electron chi connectivity index (χ2n) is 5.96. The van der Waals surface area contributed by atoms with Crippen LogP contribution in [0.2, 0.25) is 0 Å². The van der Waals surface area contributed by atoms with Crippen molar-refractivity contribution in [3.8, 4) is 0 Å². The molecule has 0 unspecified atom stereocenters. The number of likely N-dealkylation sites (tertiary alicyclic amines) is 1. The van der Waals surface area contributed by atoms with E-state index < -0.39 is 11.9 Å². The lowest BCUT2D eigenvalue weighted by molar-refractivity contribution is -0.145. The van der Waals surface area contributed by atoms with Crippen LogP contribution in [0.1, 0.15) is 68.6 Å². The van der Waals surface area contributed by atoms with Crippen LogP contribution >= 0.6 is 0 Å². The van der Waals surface area contributed by atoms with Crippen LogP contribution in [-0.2, 0) is 4.79 Å². The first kappa shape index (κ1) is 16.5. The number of hydrogen-bond donors (Lipinski definition) is 1. The summed E-state index contributed by atoms with van der Waals surface area (Å²) in [6, 6.07) is 1.37. The number of carbonyl (C=O) groups excluding carboxylic acids is 1. The summed E-state index contributed by atoms with van der Waals surface area (Å²) in [5.74, 6) is -1.13. The summed E-state index contributed by atoms with van der Waals surface area (Å²) in [7, 11) is 0. The Labute approximate surface area is 130 Å². The number of aliphatic carboxylic acids is 1. The van der Waals surface area contributed by atoms with Crippen molar-refractivity contribution >= 4 is 11.9 Å². The number of carboxylic acid groups (broad SMARTS) is 1. The molecule has 1 aromatic rings. The number of aromatic nitrogens is 1. The van der Waals surface area contributed by atoms with Crippen molar-refractivity contribution in [2.75, 3.05) is 6.54 Å². The van der Waals surface area contributed by atoms with Gasteiger partial charge < -0.3 is 14.5 Å². The van der Waals surface area contributed by atoms with Crippen LogP contribution in [0.15, 0.2) is 10.6 Å². The molecule has 1 N–H and O–H groups in total. The van der Waals surface area contributed by atoms with Gasteiger partial charge in [0, 0.05) is 24.6 Å². The first-order valence-electron chi connectivity index (χ1n) is 7.99. The number of amides is 1. The molecule has 0 aromatic carbocycles. The lowest BCUT2D eigenvalue weighted by atomic mass is 9.90. The normalized spacial score (nSPS) is 22.1. The average molecular weight is 308 g/mol. The van der Waals surface area contributed by atoms with Gasteiger partial charge >= 0.3 is 5.97 Å². The Kier molecular flexibility index (Phi) is 5.21. The Morgan fingerprint density at radius 1 is 1.45 bits per heavy atom. The van der Waals surface area contributed by atoms with Gasteiger partial charge in [-0.25, -0.2) is 0 Å². The number of nitrogens with zero attached hydrogens (tertiary/aromatic N) is 2. The second kappa shape index (κ2) is 6.94. The van der Waals surface area contributed by atoms with Gasteiger partial charge in [-0.15, -0.1) is 0 Å². The highest BCUT2D eigenvalue weighted by Crippen LogP contribution is 2.27. The minimum Gasteiger partial charge on any atom is -0.481 e. The molecule has 0 radical (unpaired) electrons. The molecule has 1 aliphatic heterocycles. The van der Waals surface area contributed by atoms with E-state index in [0.29, 0.717) is 19.4 Å². The summed E-state index contributed by atoms with van der Waals surface area (Å²) in [5.41, 5.74) is 0.799. The van der Waals surface area contributed by atoms with Crippen LogP contribution in [0.4, 0.5) is 0 Å². The van der Waals surface area contributed by atoms with Crippen molar-refractivity contribution in [1.29, 1.82) is 0 Å². The average Bonchev–Trinajstić information content (AvgIpc) is 2.97. The highest BCUT2D eigenvalue weighted by Gasteiger charge is 2.36. The highest BCUT2D eigenvalue weighted by molar-refractivity contribution is 5.92. The van der Waals surface area contributed by atoms with Crippen LogP contribution in [0, 0.1) is 5.92 Å². The largest absolute Gasteiger partial charge is 0.481 e. The monoisotopic (exact) mass is 308 g/mol. The molecule has 1 aromatic heterocycles. The summed E-state index contributed by atoms with van der Waals surface area (Å²) in [4.78, 5) is 25.5. The third-order valence-electron chi connectivity index (χ3n) is 4.71. The van der Waals surface area contributed by atoms with Gasteiger partial charge in [-0.2, -0.15) is 0 Å². The van der Waals surface area contributed by atoms with E-state index in [1.165, 1.54) is 0 Å². The molecular weight excluding hydrogens is 284 g/mol. The summed E-state index contributed by atoms with van der Waals surface area (Å²) in [6.07, 6.45) is 3.19. The van der Waals surface area contributed by atoms with E-state index in [-0.39, 0.29) is 23.6 Å². The van der Waals surface area contributed by atoms with Gasteiger partial charge in [0.2, 0.25) is 5.76 Å². The molecule has 22 heavy (non-hydrogen) atoms. The Balaban J connectivity index is 2.15. The summed E-state index contributed by atoms with van der Waals surface area (Å²) in [6.45, 7) is 6.50. The van der Waals surface area contributed by atoms with Crippen LogP contribution in [0.3, 0.4) is 0 Å². The SMILES string of the molecule is CCC(CC)c1cc(C(=O)N2CCC[C@H](C(=O)O)[C@@H]2C)on1. The number of piperidine rings is 1. The first-order chi connectivity index (χ1) is 10.5. The predicted octanol–water partition coefficient (Wildman–Crippen LogP) is 2.90. The van der Waals surface area contributed by atoms with E-state index in [1.54, 1.807) is 17.9 Å². The van der Waals surface area contributed by atoms with Crippen molar-refractivity contribution in [1.82, 2.24) is 10.1 Å². The Morgan fingerprint density at radius 2 is 2.14 bits per heavy atom. The zero-order chi connectivity index (χ0) is 16.3. The van der Waals surface area contributed by atoms with E-state index in [0.717, 1.165) is 18.5 Å². The molecule has 1 amide bonds. The molecule has 1 fully saturated rings. The zero-order valence-corrected chi connectivity index (χ0v) is 13.4. The van der Waals surface area contributed by atoms with E-state index in [2.05, 4.69) is 19.0 Å².